The quantitative estimate of drug-likeness (QED) is 0.433. The largest absolute Gasteiger partial charge is 0.493 e. The van der Waals surface area contributed by atoms with Gasteiger partial charge in [-0.3, -0.25) is 24.1 Å². The van der Waals surface area contributed by atoms with Crippen molar-refractivity contribution < 1.29 is 28.7 Å². The van der Waals surface area contributed by atoms with Crippen LogP contribution in [0.3, 0.4) is 0 Å². The van der Waals surface area contributed by atoms with E-state index >= 15 is 0 Å². The fraction of sp³-hybridized carbons (Fsp3) is 0.304. The fourth-order valence-electron chi connectivity index (χ4n) is 3.48. The number of ether oxygens (including phenoxy) is 2. The zero-order valence-corrected chi connectivity index (χ0v) is 18.5. The summed E-state index contributed by atoms with van der Waals surface area (Å²) in [4.78, 5) is 50.7. The number of amides is 3. The molecule has 0 atom stereocenters. The van der Waals surface area contributed by atoms with Crippen molar-refractivity contribution in [1.29, 1.82) is 0 Å². The lowest BCUT2D eigenvalue weighted by atomic mass is 10.1. The molecule has 1 aliphatic rings. The van der Waals surface area contributed by atoms with Gasteiger partial charge in [0.1, 0.15) is 11.7 Å². The molecule has 0 spiro atoms. The molecule has 1 N–H and O–H groups in total. The number of carbonyl (C=O) groups excluding carboxylic acids is 4. The van der Waals surface area contributed by atoms with Gasteiger partial charge < -0.3 is 14.8 Å². The lowest BCUT2D eigenvalue weighted by Gasteiger charge is -2.14. The first-order valence-electron chi connectivity index (χ1n) is 10.1. The van der Waals surface area contributed by atoms with E-state index in [-0.39, 0.29) is 47.9 Å². The molecule has 8 nitrogen and oxygen atoms in total. The van der Waals surface area contributed by atoms with Gasteiger partial charge in [-0.15, -0.1) is 11.6 Å². The van der Waals surface area contributed by atoms with Gasteiger partial charge in [0.25, 0.3) is 11.8 Å². The summed E-state index contributed by atoms with van der Waals surface area (Å²) in [5.74, 6) is -0.822. The van der Waals surface area contributed by atoms with Gasteiger partial charge in [-0.05, 0) is 36.8 Å². The Kier molecular flexibility index (Phi) is 7.48. The van der Waals surface area contributed by atoms with E-state index in [9.17, 15) is 19.2 Å². The number of Topliss-reactive ketones (excluding diaryl/α,β-unsaturated/α-hetero) is 1. The van der Waals surface area contributed by atoms with Crippen LogP contribution in [0.15, 0.2) is 36.4 Å². The van der Waals surface area contributed by atoms with Gasteiger partial charge in [0.15, 0.2) is 11.5 Å². The Labute approximate surface area is 190 Å². The van der Waals surface area contributed by atoms with E-state index in [2.05, 4.69) is 5.32 Å². The molecule has 0 aliphatic carbocycles. The van der Waals surface area contributed by atoms with E-state index < -0.39 is 17.7 Å². The number of nitrogens with one attached hydrogen (secondary N) is 1. The molecule has 32 heavy (non-hydrogen) atoms. The van der Waals surface area contributed by atoms with Crippen LogP contribution >= 0.6 is 11.6 Å². The Morgan fingerprint density at radius 2 is 1.88 bits per heavy atom. The molecule has 0 saturated carbocycles. The third kappa shape index (κ3) is 4.91. The number of nitrogens with zero attached hydrogens (tertiary/aromatic N) is 1. The van der Waals surface area contributed by atoms with Gasteiger partial charge in [-0.25, -0.2) is 0 Å². The van der Waals surface area contributed by atoms with Crippen LogP contribution in [0.1, 0.15) is 39.6 Å². The van der Waals surface area contributed by atoms with E-state index in [0.29, 0.717) is 18.1 Å². The SMILES string of the molecule is CCOc1cc(CC(=O)CCN2C(=O)c3cccc(NC(=O)CCl)c3C2=O)ccc1OC. The van der Waals surface area contributed by atoms with Crippen LogP contribution in [0, 0.1) is 0 Å². The van der Waals surface area contributed by atoms with Crippen LogP contribution in [0.25, 0.3) is 0 Å². The lowest BCUT2D eigenvalue weighted by molar-refractivity contribution is -0.118. The normalized spacial score (nSPS) is 12.5. The zero-order valence-electron chi connectivity index (χ0n) is 17.8. The van der Waals surface area contributed by atoms with Crippen molar-refractivity contribution in [2.75, 3.05) is 31.5 Å². The second kappa shape index (κ2) is 10.3. The number of anilines is 1. The van der Waals surface area contributed by atoms with Gasteiger partial charge >= 0.3 is 0 Å². The van der Waals surface area contributed by atoms with Crippen molar-refractivity contribution in [3.8, 4) is 11.5 Å². The summed E-state index contributed by atoms with van der Waals surface area (Å²) in [5.41, 5.74) is 1.26. The standard InChI is InChI=1S/C23H23ClN2O6/c1-3-32-19-12-14(7-8-18(19)31-2)11-15(27)9-10-26-22(29)16-5-4-6-17(21(16)23(26)30)25-20(28)13-24/h4-8,12H,3,9-11,13H2,1-2H3,(H,25,28). The molecule has 0 unspecified atom stereocenters. The van der Waals surface area contributed by atoms with Crippen molar-refractivity contribution in [2.24, 2.45) is 0 Å². The molecule has 0 bridgehead atoms. The number of halogens is 1. The molecule has 3 amide bonds. The molecule has 0 saturated heterocycles. The summed E-state index contributed by atoms with van der Waals surface area (Å²) < 4.78 is 10.8. The minimum atomic E-state index is -0.550. The predicted molar refractivity (Wildman–Crippen MR) is 119 cm³/mol. The Hall–Kier alpha value is -3.39. The van der Waals surface area contributed by atoms with Gasteiger partial charge in [-0.2, -0.15) is 0 Å². The maximum absolute atomic E-state index is 12.8. The highest BCUT2D eigenvalue weighted by atomic mass is 35.5. The molecule has 168 valence electrons. The Morgan fingerprint density at radius 1 is 1.09 bits per heavy atom. The average molecular weight is 459 g/mol. The van der Waals surface area contributed by atoms with Crippen LogP contribution in [0.2, 0.25) is 0 Å². The van der Waals surface area contributed by atoms with E-state index in [1.165, 1.54) is 19.2 Å². The first kappa shape index (κ1) is 23.3. The molecule has 9 heteroatoms. The number of benzene rings is 2. The molecule has 2 aromatic rings. The zero-order chi connectivity index (χ0) is 23.3. The third-order valence-corrected chi connectivity index (χ3v) is 5.18. The van der Waals surface area contributed by atoms with E-state index in [1.54, 1.807) is 24.3 Å². The highest BCUT2D eigenvalue weighted by molar-refractivity contribution is 6.30. The van der Waals surface area contributed by atoms with E-state index in [4.69, 9.17) is 21.1 Å². The minimum Gasteiger partial charge on any atom is -0.493 e. The molecule has 0 fully saturated rings. The van der Waals surface area contributed by atoms with Crippen LogP contribution in [-0.4, -0.2) is 54.5 Å². The Balaban J connectivity index is 1.67. The number of hydrogen-bond donors (Lipinski definition) is 1. The highest BCUT2D eigenvalue weighted by Gasteiger charge is 2.37. The molecular formula is C23H23ClN2O6. The molecule has 1 aliphatic heterocycles. The van der Waals surface area contributed by atoms with Crippen molar-refractivity contribution in [1.82, 2.24) is 4.90 Å². The van der Waals surface area contributed by atoms with Gasteiger partial charge in [-0.1, -0.05) is 12.1 Å². The highest BCUT2D eigenvalue weighted by Crippen LogP contribution is 2.30. The Morgan fingerprint density at radius 3 is 2.56 bits per heavy atom. The molecular weight excluding hydrogens is 436 g/mol. The number of fused-ring (bicyclic) bond motifs is 1. The van der Waals surface area contributed by atoms with Gasteiger partial charge in [0.2, 0.25) is 5.91 Å². The summed E-state index contributed by atoms with van der Waals surface area (Å²) in [7, 11) is 1.54. The number of carbonyl (C=O) groups is 4. The summed E-state index contributed by atoms with van der Waals surface area (Å²) >= 11 is 5.52. The second-order valence-electron chi connectivity index (χ2n) is 7.06. The molecule has 0 radical (unpaired) electrons. The smallest absolute Gasteiger partial charge is 0.263 e. The average Bonchev–Trinajstić information content (AvgIpc) is 3.03. The number of imide groups is 1. The first-order chi connectivity index (χ1) is 15.4. The minimum absolute atomic E-state index is 0.00480. The topological polar surface area (TPSA) is 102 Å². The van der Waals surface area contributed by atoms with Crippen molar-refractivity contribution in [2.45, 2.75) is 19.8 Å². The third-order valence-electron chi connectivity index (χ3n) is 4.94. The Bertz CT molecular complexity index is 1070. The number of hydrogen-bond acceptors (Lipinski definition) is 6. The van der Waals surface area contributed by atoms with Crippen molar-refractivity contribution in [3.63, 3.8) is 0 Å². The van der Waals surface area contributed by atoms with Gasteiger partial charge in [0, 0.05) is 19.4 Å². The van der Waals surface area contributed by atoms with Crippen LogP contribution in [0.4, 0.5) is 5.69 Å². The number of rotatable bonds is 10. The number of alkyl halides is 1. The monoisotopic (exact) mass is 458 g/mol. The summed E-state index contributed by atoms with van der Waals surface area (Å²) in [6, 6.07) is 9.86. The molecule has 1 heterocycles. The maximum Gasteiger partial charge on any atom is 0.263 e. The van der Waals surface area contributed by atoms with Crippen molar-refractivity contribution >= 4 is 40.8 Å². The summed E-state index contributed by atoms with van der Waals surface area (Å²) in [5, 5.41) is 2.53. The second-order valence-corrected chi connectivity index (χ2v) is 7.32. The fourth-order valence-corrected chi connectivity index (χ4v) is 3.54. The van der Waals surface area contributed by atoms with Crippen LogP contribution < -0.4 is 14.8 Å². The summed E-state index contributed by atoms with van der Waals surface area (Å²) in [6.45, 7) is 2.26. The number of ketones is 1. The number of methoxy groups -OCH3 is 1. The van der Waals surface area contributed by atoms with Crippen LogP contribution in [-0.2, 0) is 16.0 Å². The predicted octanol–water partition coefficient (Wildman–Crippen LogP) is 3.07. The summed E-state index contributed by atoms with van der Waals surface area (Å²) in [6.07, 6.45) is 0.134. The molecule has 3 rings (SSSR count). The van der Waals surface area contributed by atoms with Crippen LogP contribution in [0.5, 0.6) is 11.5 Å². The first-order valence-corrected chi connectivity index (χ1v) is 10.6. The lowest BCUT2D eigenvalue weighted by Crippen LogP contribution is -2.32. The maximum atomic E-state index is 12.8. The molecule has 0 aromatic heterocycles. The van der Waals surface area contributed by atoms with Crippen molar-refractivity contribution in [3.05, 3.63) is 53.1 Å². The van der Waals surface area contributed by atoms with E-state index in [0.717, 1.165) is 10.5 Å². The molecule has 2 aromatic carbocycles. The van der Waals surface area contributed by atoms with E-state index in [1.807, 2.05) is 6.92 Å². The van der Waals surface area contributed by atoms with Gasteiger partial charge in [0.05, 0.1) is 30.5 Å².